The van der Waals surface area contributed by atoms with E-state index in [1.165, 1.54) is 43.1 Å². The molecule has 43 heavy (non-hydrogen) atoms. The monoisotopic (exact) mass is 598 g/mol. The summed E-state index contributed by atoms with van der Waals surface area (Å²) < 4.78 is 8.73. The maximum Gasteiger partial charge on any atom is 0.339 e. The van der Waals surface area contributed by atoms with Gasteiger partial charge in [-0.3, -0.25) is 38.9 Å². The fourth-order valence-corrected chi connectivity index (χ4v) is 4.34. The van der Waals surface area contributed by atoms with Crippen molar-refractivity contribution in [2.24, 2.45) is 32.5 Å². The van der Waals surface area contributed by atoms with Crippen LogP contribution in [0.15, 0.2) is 52.8 Å². The zero-order valence-electron chi connectivity index (χ0n) is 24.7. The maximum absolute atomic E-state index is 11.8. The molecular weight excluding hydrogens is 564 g/mol. The van der Waals surface area contributed by atoms with Crippen LogP contribution in [0.4, 0.5) is 4.79 Å². The first-order chi connectivity index (χ1) is 20.1. The second-order valence-electron chi connectivity index (χ2n) is 10.0. The van der Waals surface area contributed by atoms with E-state index in [-0.39, 0.29) is 34.9 Å². The Morgan fingerprint density at radius 3 is 2.14 bits per heavy atom. The highest BCUT2D eigenvalue weighted by Gasteiger charge is 2.49. The molecule has 1 saturated heterocycles. The van der Waals surface area contributed by atoms with Crippen molar-refractivity contribution in [3.63, 3.8) is 0 Å². The topological polar surface area (TPSA) is 201 Å². The van der Waals surface area contributed by atoms with Gasteiger partial charge in [-0.25, -0.2) is 19.4 Å². The number of hydrogen-bond donors (Lipinski definition) is 3. The van der Waals surface area contributed by atoms with Gasteiger partial charge in [-0.1, -0.05) is 32.1 Å². The smallest absolute Gasteiger partial charge is 0.339 e. The Morgan fingerprint density at radius 2 is 1.63 bits per heavy atom. The summed E-state index contributed by atoms with van der Waals surface area (Å²) in [6, 6.07) is 5.23. The van der Waals surface area contributed by atoms with E-state index in [0.717, 1.165) is 4.57 Å². The number of imidazole rings is 1. The number of aromatic carboxylic acids is 1. The second kappa shape index (κ2) is 14.0. The maximum atomic E-state index is 11.8. The minimum absolute atomic E-state index is 0.0160. The van der Waals surface area contributed by atoms with Crippen LogP contribution in [0.25, 0.3) is 11.2 Å². The van der Waals surface area contributed by atoms with Gasteiger partial charge < -0.3 is 14.4 Å². The zero-order valence-corrected chi connectivity index (χ0v) is 24.7. The van der Waals surface area contributed by atoms with Gasteiger partial charge in [0.1, 0.15) is 16.7 Å². The molecule has 0 aliphatic carbocycles. The van der Waals surface area contributed by atoms with E-state index in [1.807, 2.05) is 13.8 Å². The predicted molar refractivity (Wildman–Crippen MR) is 154 cm³/mol. The van der Waals surface area contributed by atoms with Crippen LogP contribution in [0.3, 0.4) is 0 Å². The molecular formula is C28H34N6O9. The van der Waals surface area contributed by atoms with Crippen LogP contribution < -0.4 is 26.6 Å². The van der Waals surface area contributed by atoms with E-state index in [4.69, 9.17) is 5.11 Å². The lowest BCUT2D eigenvalue weighted by molar-refractivity contribution is -0.145. The highest BCUT2D eigenvalue weighted by atomic mass is 16.5. The van der Waals surface area contributed by atoms with Gasteiger partial charge in [-0.2, -0.15) is 0 Å². The van der Waals surface area contributed by atoms with Crippen LogP contribution in [-0.4, -0.2) is 53.6 Å². The lowest BCUT2D eigenvalue weighted by Crippen LogP contribution is -2.62. The fraction of sp³-hybridized carbons (Fsp3) is 0.357. The molecule has 4 rings (SSSR count). The summed E-state index contributed by atoms with van der Waals surface area (Å²) in [5.41, 5.74) is -1.03. The first-order valence-corrected chi connectivity index (χ1v) is 12.9. The average molecular weight is 599 g/mol. The quantitative estimate of drug-likeness (QED) is 0.160. The molecule has 1 fully saturated rings. The van der Waals surface area contributed by atoms with E-state index < -0.39 is 35.2 Å². The number of nitrogens with one attached hydrogen (secondary N) is 2. The molecule has 15 nitrogen and oxygen atoms in total. The molecule has 0 bridgehead atoms. The number of imide groups is 2. The molecule has 3 N–H and O–H groups in total. The summed E-state index contributed by atoms with van der Waals surface area (Å²) in [5.74, 6) is -2.47. The summed E-state index contributed by atoms with van der Waals surface area (Å²) in [6.45, 7) is 8.61. The number of aromatic nitrogens is 4. The molecule has 1 aliphatic rings. The van der Waals surface area contributed by atoms with Crippen LogP contribution in [0.2, 0.25) is 0 Å². The number of aryl methyl sites for hydroxylation is 2. The highest BCUT2D eigenvalue weighted by molar-refractivity contribution is 6.19. The van der Waals surface area contributed by atoms with Gasteiger partial charge in [0, 0.05) is 28.1 Å². The van der Waals surface area contributed by atoms with Crippen molar-refractivity contribution in [2.75, 3.05) is 0 Å². The number of para-hydroxylation sites is 1. The van der Waals surface area contributed by atoms with Gasteiger partial charge in [0.05, 0.1) is 6.33 Å². The molecule has 0 unspecified atom stereocenters. The van der Waals surface area contributed by atoms with Crippen molar-refractivity contribution in [2.45, 2.75) is 33.6 Å². The van der Waals surface area contributed by atoms with Crippen LogP contribution in [0.1, 0.15) is 44.0 Å². The molecule has 1 aromatic carbocycles. The lowest BCUT2D eigenvalue weighted by Gasteiger charge is -2.34. The predicted octanol–water partition coefficient (Wildman–Crippen LogP) is 1.24. The SMILES string of the molecule is C=CCC1(CC(C)C)C(=O)NC(=O)NC1=O.CC(=O)Oc1ccccc1C(=O)O.Cn1c(=O)c2c(ncn2C)n(C)c1=O. The second-order valence-corrected chi connectivity index (χ2v) is 10.0. The molecule has 0 atom stereocenters. The van der Waals surface area contributed by atoms with E-state index in [2.05, 4.69) is 26.9 Å². The van der Waals surface area contributed by atoms with Gasteiger partial charge >= 0.3 is 23.7 Å². The number of benzene rings is 1. The molecule has 4 amide bonds. The van der Waals surface area contributed by atoms with Crippen LogP contribution in [0.5, 0.6) is 5.75 Å². The lowest BCUT2D eigenvalue weighted by atomic mass is 9.74. The Kier molecular flexibility index (Phi) is 11.0. The minimum Gasteiger partial charge on any atom is -0.478 e. The third-order valence-electron chi connectivity index (χ3n) is 6.26. The van der Waals surface area contributed by atoms with Crippen molar-refractivity contribution < 1.29 is 33.8 Å². The number of amides is 4. The number of rotatable bonds is 6. The number of nitrogens with zero attached hydrogens (tertiary/aromatic N) is 4. The van der Waals surface area contributed by atoms with Crippen LogP contribution >= 0.6 is 0 Å². The number of ether oxygens (including phenoxy) is 1. The molecule has 3 aromatic rings. The number of carbonyl (C=O) groups excluding carboxylic acids is 4. The first kappa shape index (κ1) is 33.9. The van der Waals surface area contributed by atoms with E-state index in [9.17, 15) is 33.6 Å². The van der Waals surface area contributed by atoms with Crippen molar-refractivity contribution in [3.8, 4) is 5.75 Å². The number of carboxylic acids is 1. The van der Waals surface area contributed by atoms with E-state index >= 15 is 0 Å². The number of hydrogen-bond acceptors (Lipinski definition) is 9. The molecule has 0 spiro atoms. The normalized spacial score (nSPS) is 13.6. The average Bonchev–Trinajstić information content (AvgIpc) is 3.31. The van der Waals surface area contributed by atoms with Crippen molar-refractivity contribution in [1.82, 2.24) is 29.3 Å². The molecule has 3 heterocycles. The summed E-state index contributed by atoms with van der Waals surface area (Å²) in [4.78, 5) is 83.0. The molecule has 230 valence electrons. The number of esters is 1. The van der Waals surface area contributed by atoms with Crippen molar-refractivity contribution >= 4 is 40.9 Å². The molecule has 0 radical (unpaired) electrons. The standard InChI is InChI=1S/C11H16N2O3.C9H8O4.C8H10N4O2/c1-4-5-11(6-7(2)3)8(14)12-10(16)13-9(11)15;1-6(10)13-8-5-3-2-4-7(8)9(11)12;1-10-4-9-6-5(10)7(13)12(3)8(14)11(6)2/h4,7H,1,5-6H2,2-3H3,(H2,12,13,14,15,16);2-5H,1H3,(H,11,12);4H,1-3H3. The summed E-state index contributed by atoms with van der Waals surface area (Å²) in [5, 5.41) is 13.0. The zero-order chi connectivity index (χ0) is 32.6. The van der Waals surface area contributed by atoms with Crippen molar-refractivity contribution in [3.05, 3.63) is 69.6 Å². The number of barbiturate groups is 1. The van der Waals surface area contributed by atoms with Gasteiger partial charge in [0.15, 0.2) is 11.2 Å². The fourth-order valence-electron chi connectivity index (χ4n) is 4.34. The Morgan fingerprint density at radius 1 is 1.05 bits per heavy atom. The molecule has 1 aliphatic heterocycles. The number of allylic oxidation sites excluding steroid dienone is 1. The third kappa shape index (κ3) is 7.69. The Balaban J connectivity index is 0.000000226. The number of carbonyl (C=O) groups is 5. The van der Waals surface area contributed by atoms with Gasteiger partial charge in [-0.05, 0) is 30.9 Å². The number of carboxylic acid groups (broad SMARTS) is 1. The number of fused-ring (bicyclic) bond motifs is 1. The van der Waals surface area contributed by atoms with Crippen LogP contribution in [-0.2, 0) is 35.5 Å². The summed E-state index contributed by atoms with van der Waals surface area (Å²) in [7, 11) is 4.77. The summed E-state index contributed by atoms with van der Waals surface area (Å²) >= 11 is 0. The molecule has 0 saturated carbocycles. The Bertz CT molecular complexity index is 1680. The molecule has 2 aromatic heterocycles. The van der Waals surface area contributed by atoms with Crippen LogP contribution in [0, 0.1) is 11.3 Å². The van der Waals surface area contributed by atoms with Gasteiger partial charge in [-0.15, -0.1) is 6.58 Å². The van der Waals surface area contributed by atoms with Gasteiger partial charge in [0.2, 0.25) is 11.8 Å². The van der Waals surface area contributed by atoms with E-state index in [1.54, 1.807) is 30.8 Å². The third-order valence-corrected chi connectivity index (χ3v) is 6.26. The van der Waals surface area contributed by atoms with E-state index in [0.29, 0.717) is 17.6 Å². The minimum atomic E-state index is -1.19. The Hall–Kier alpha value is -5.34. The summed E-state index contributed by atoms with van der Waals surface area (Å²) in [6.07, 6.45) is 3.67. The van der Waals surface area contributed by atoms with Gasteiger partial charge in [0.25, 0.3) is 5.56 Å². The molecule has 15 heteroatoms. The largest absolute Gasteiger partial charge is 0.478 e. The van der Waals surface area contributed by atoms with Crippen molar-refractivity contribution in [1.29, 1.82) is 0 Å². The highest BCUT2D eigenvalue weighted by Crippen LogP contribution is 2.33. The first-order valence-electron chi connectivity index (χ1n) is 12.9. The number of urea groups is 1. The Labute approximate surface area is 245 Å².